The third kappa shape index (κ3) is 3.06. The van der Waals surface area contributed by atoms with E-state index in [0.717, 1.165) is 0 Å². The molecule has 6 heteroatoms. The van der Waals surface area contributed by atoms with Crippen molar-refractivity contribution in [1.82, 2.24) is 4.98 Å². The van der Waals surface area contributed by atoms with Gasteiger partial charge in [0.15, 0.2) is 0 Å². The molecular weight excluding hydrogens is 221 g/mol. The molecule has 0 radical (unpaired) electrons. The average molecular weight is 229 g/mol. The minimum absolute atomic E-state index is 0. The number of halogens is 4. The van der Waals surface area contributed by atoms with Gasteiger partial charge in [0, 0.05) is 11.8 Å². The molecule has 0 unspecified atom stereocenters. The Morgan fingerprint density at radius 1 is 1.46 bits per heavy atom. The van der Waals surface area contributed by atoms with E-state index >= 15 is 0 Å². The molecule has 74 valence electrons. The molecule has 1 heterocycles. The third-order valence-corrected chi connectivity index (χ3v) is 1.73. The van der Waals surface area contributed by atoms with Gasteiger partial charge in [-0.25, -0.2) is 13.8 Å². The van der Waals surface area contributed by atoms with E-state index in [9.17, 15) is 8.78 Å². The minimum atomic E-state index is -2.62. The second-order valence-corrected chi connectivity index (χ2v) is 2.60. The fourth-order valence-corrected chi connectivity index (χ4v) is 1.03. The number of alkyl halides is 2. The predicted molar refractivity (Wildman–Crippen MR) is 49.4 cm³/mol. The molecule has 0 aliphatic carbocycles. The zero-order valence-corrected chi connectivity index (χ0v) is 8.03. The molecule has 0 bridgehead atoms. The Bertz CT molecular complexity index is 270. The van der Waals surface area contributed by atoms with Gasteiger partial charge in [-0.15, -0.1) is 12.4 Å². The summed E-state index contributed by atoms with van der Waals surface area (Å²) in [5, 5.41) is 0.0327. The van der Waals surface area contributed by atoms with Crippen LogP contribution in [0.5, 0.6) is 0 Å². The van der Waals surface area contributed by atoms with Crippen molar-refractivity contribution in [2.75, 3.05) is 0 Å². The fourth-order valence-electron chi connectivity index (χ4n) is 0.783. The van der Waals surface area contributed by atoms with Crippen LogP contribution in [0.1, 0.15) is 11.6 Å². The minimum Gasteiger partial charge on any atom is -0.319 e. The van der Waals surface area contributed by atoms with Gasteiger partial charge in [0.2, 0.25) is 0 Å². The Morgan fingerprint density at radius 2 is 2.08 bits per heavy atom. The Kier molecular flexibility index (Phi) is 5.13. The number of aromatic nitrogens is 1. The molecule has 1 aromatic heterocycles. The van der Waals surface area contributed by atoms with Gasteiger partial charge in [-0.1, -0.05) is 17.7 Å². The van der Waals surface area contributed by atoms with Crippen LogP contribution >= 0.6 is 24.0 Å². The lowest BCUT2D eigenvalue weighted by Gasteiger charge is -2.10. The van der Waals surface area contributed by atoms with E-state index in [0.29, 0.717) is 0 Å². The van der Waals surface area contributed by atoms with Crippen molar-refractivity contribution in [2.45, 2.75) is 12.5 Å². The van der Waals surface area contributed by atoms with Crippen molar-refractivity contribution in [3.63, 3.8) is 0 Å². The summed E-state index contributed by atoms with van der Waals surface area (Å²) in [6.07, 6.45) is -1.20. The molecule has 0 amide bonds. The molecule has 2 nitrogen and oxygen atoms in total. The standard InChI is InChI=1S/C7H7ClF2N2.ClH/c8-6-4(2-1-3-12-6)5(11)7(9)10;/h1-3,5,7H,11H2;1H/t5-;/m0./s1. The molecule has 0 saturated heterocycles. The van der Waals surface area contributed by atoms with Gasteiger partial charge in [-0.05, 0) is 6.07 Å². The second-order valence-electron chi connectivity index (χ2n) is 2.24. The molecular formula is C7H8Cl2F2N2. The van der Waals surface area contributed by atoms with Crippen molar-refractivity contribution in [3.8, 4) is 0 Å². The number of hydrogen-bond acceptors (Lipinski definition) is 2. The van der Waals surface area contributed by atoms with Gasteiger partial charge in [0.25, 0.3) is 6.43 Å². The zero-order chi connectivity index (χ0) is 9.14. The lowest BCUT2D eigenvalue weighted by atomic mass is 10.1. The molecule has 0 spiro atoms. The Balaban J connectivity index is 0.00000144. The summed E-state index contributed by atoms with van der Waals surface area (Å²) >= 11 is 5.54. The normalized spacial score (nSPS) is 12.4. The summed E-state index contributed by atoms with van der Waals surface area (Å²) in [5.41, 5.74) is 5.34. The Hall–Kier alpha value is -0.450. The molecule has 0 saturated carbocycles. The summed E-state index contributed by atoms with van der Waals surface area (Å²) < 4.78 is 24.2. The van der Waals surface area contributed by atoms with Gasteiger partial charge in [0.1, 0.15) is 5.15 Å². The zero-order valence-electron chi connectivity index (χ0n) is 6.45. The van der Waals surface area contributed by atoms with Crippen LogP contribution in [0.25, 0.3) is 0 Å². The first kappa shape index (κ1) is 12.6. The van der Waals surface area contributed by atoms with E-state index in [1.54, 1.807) is 0 Å². The highest BCUT2D eigenvalue weighted by Gasteiger charge is 2.19. The average Bonchev–Trinajstić information content (AvgIpc) is 2.04. The lowest BCUT2D eigenvalue weighted by molar-refractivity contribution is 0.116. The van der Waals surface area contributed by atoms with Crippen LogP contribution in [0.2, 0.25) is 5.15 Å². The van der Waals surface area contributed by atoms with Crippen molar-refractivity contribution in [2.24, 2.45) is 5.73 Å². The van der Waals surface area contributed by atoms with Crippen molar-refractivity contribution in [3.05, 3.63) is 29.0 Å². The molecule has 0 fully saturated rings. The van der Waals surface area contributed by atoms with Crippen LogP contribution in [0.15, 0.2) is 18.3 Å². The van der Waals surface area contributed by atoms with E-state index in [2.05, 4.69) is 4.98 Å². The van der Waals surface area contributed by atoms with Gasteiger partial charge in [0.05, 0.1) is 6.04 Å². The maximum absolute atomic E-state index is 12.1. The Morgan fingerprint density at radius 3 is 2.54 bits per heavy atom. The summed E-state index contributed by atoms with van der Waals surface area (Å²) in [5.74, 6) is 0. The number of nitrogens with two attached hydrogens (primary N) is 1. The number of nitrogens with zero attached hydrogens (tertiary/aromatic N) is 1. The van der Waals surface area contributed by atoms with Crippen molar-refractivity contribution in [1.29, 1.82) is 0 Å². The van der Waals surface area contributed by atoms with Crippen LogP contribution in [-0.2, 0) is 0 Å². The first-order valence-corrected chi connectivity index (χ1v) is 3.65. The highest BCUT2D eigenvalue weighted by molar-refractivity contribution is 6.30. The molecule has 2 N–H and O–H groups in total. The van der Waals surface area contributed by atoms with Gasteiger partial charge in [-0.2, -0.15) is 0 Å². The van der Waals surface area contributed by atoms with Gasteiger partial charge >= 0.3 is 0 Å². The maximum Gasteiger partial charge on any atom is 0.257 e. The maximum atomic E-state index is 12.1. The smallest absolute Gasteiger partial charge is 0.257 e. The topological polar surface area (TPSA) is 38.9 Å². The molecule has 0 aliphatic heterocycles. The van der Waals surface area contributed by atoms with E-state index < -0.39 is 12.5 Å². The first-order valence-electron chi connectivity index (χ1n) is 3.27. The van der Waals surface area contributed by atoms with E-state index in [4.69, 9.17) is 17.3 Å². The highest BCUT2D eigenvalue weighted by Crippen LogP contribution is 2.22. The van der Waals surface area contributed by atoms with Crippen molar-refractivity contribution < 1.29 is 8.78 Å². The number of rotatable bonds is 2. The molecule has 1 atom stereocenters. The molecule has 1 aromatic rings. The van der Waals surface area contributed by atoms with Crippen LogP contribution in [0.4, 0.5) is 8.78 Å². The van der Waals surface area contributed by atoms with Crippen LogP contribution < -0.4 is 5.73 Å². The SMILES string of the molecule is Cl.N[C@@H](c1cccnc1Cl)C(F)F. The second kappa shape index (κ2) is 5.32. The largest absolute Gasteiger partial charge is 0.319 e. The monoisotopic (exact) mass is 228 g/mol. The van der Waals surface area contributed by atoms with E-state index in [1.165, 1.54) is 18.3 Å². The van der Waals surface area contributed by atoms with Crippen LogP contribution in [0, 0.1) is 0 Å². The summed E-state index contributed by atoms with van der Waals surface area (Å²) in [6.45, 7) is 0. The first-order chi connectivity index (χ1) is 5.63. The fraction of sp³-hybridized carbons (Fsp3) is 0.286. The predicted octanol–water partition coefficient (Wildman–Crippen LogP) is 2.42. The van der Waals surface area contributed by atoms with E-state index in [1.807, 2.05) is 0 Å². The molecule has 13 heavy (non-hydrogen) atoms. The molecule has 1 rings (SSSR count). The summed E-state index contributed by atoms with van der Waals surface area (Å²) in [4.78, 5) is 3.63. The van der Waals surface area contributed by atoms with Crippen molar-refractivity contribution >= 4 is 24.0 Å². The van der Waals surface area contributed by atoms with Crippen LogP contribution in [-0.4, -0.2) is 11.4 Å². The summed E-state index contributed by atoms with van der Waals surface area (Å²) in [6, 6.07) is 1.60. The molecule has 0 aliphatic rings. The highest BCUT2D eigenvalue weighted by atomic mass is 35.5. The third-order valence-electron chi connectivity index (χ3n) is 1.42. The number of pyridine rings is 1. The summed E-state index contributed by atoms with van der Waals surface area (Å²) in [7, 11) is 0. The van der Waals surface area contributed by atoms with E-state index in [-0.39, 0.29) is 23.1 Å². The molecule has 0 aromatic carbocycles. The van der Waals surface area contributed by atoms with Gasteiger partial charge in [-0.3, -0.25) is 0 Å². The van der Waals surface area contributed by atoms with Crippen LogP contribution in [0.3, 0.4) is 0 Å². The number of hydrogen-bond donors (Lipinski definition) is 1. The lowest BCUT2D eigenvalue weighted by Crippen LogP contribution is -2.19. The quantitative estimate of drug-likeness (QED) is 0.791. The van der Waals surface area contributed by atoms with Gasteiger partial charge < -0.3 is 5.73 Å². The Labute approximate surface area is 85.5 Å².